The molecule has 5 nitrogen and oxygen atoms in total. The monoisotopic (exact) mass is 387 g/mol. The summed E-state index contributed by atoms with van der Waals surface area (Å²) in [5, 5.41) is 0. The lowest BCUT2D eigenvalue weighted by Crippen LogP contribution is -2.27. The third-order valence-corrected chi connectivity index (χ3v) is 5.68. The lowest BCUT2D eigenvalue weighted by molar-refractivity contribution is -0.137. The molecule has 0 radical (unpaired) electrons. The summed E-state index contributed by atoms with van der Waals surface area (Å²) >= 11 is 0. The van der Waals surface area contributed by atoms with Crippen LogP contribution in [0.25, 0.3) is 0 Å². The first-order valence-electron chi connectivity index (χ1n) is 7.70. The highest BCUT2D eigenvalue weighted by Crippen LogP contribution is 2.33. The van der Waals surface area contributed by atoms with Gasteiger partial charge in [0.15, 0.2) is 11.5 Å². The van der Waals surface area contributed by atoms with Gasteiger partial charge in [0.05, 0.1) is 10.5 Å². The van der Waals surface area contributed by atoms with Gasteiger partial charge in [-0.25, -0.2) is 8.42 Å². The summed E-state index contributed by atoms with van der Waals surface area (Å²) in [6.07, 6.45) is -4.61. The third-order valence-electron chi connectivity index (χ3n) is 3.88. The Morgan fingerprint density at radius 2 is 1.73 bits per heavy atom. The molecule has 0 N–H and O–H groups in total. The van der Waals surface area contributed by atoms with Crippen molar-refractivity contribution in [2.45, 2.75) is 17.6 Å². The maximum Gasteiger partial charge on any atom is 0.416 e. The Morgan fingerprint density at radius 3 is 2.42 bits per heavy atom. The molecule has 140 valence electrons. The lowest BCUT2D eigenvalue weighted by Gasteiger charge is -2.21. The summed E-state index contributed by atoms with van der Waals surface area (Å²) in [7, 11) is -2.77. The minimum Gasteiger partial charge on any atom is -0.486 e. The molecule has 1 aliphatic heterocycles. The fourth-order valence-electron chi connectivity index (χ4n) is 2.54. The van der Waals surface area contributed by atoms with Crippen LogP contribution < -0.4 is 9.47 Å². The highest BCUT2D eigenvalue weighted by atomic mass is 32.2. The molecule has 0 unspecified atom stereocenters. The summed E-state index contributed by atoms with van der Waals surface area (Å²) in [4.78, 5) is -0.410. The van der Waals surface area contributed by atoms with Crippen LogP contribution in [-0.2, 0) is 22.7 Å². The molecule has 0 spiro atoms. The quantitative estimate of drug-likeness (QED) is 0.808. The van der Waals surface area contributed by atoms with Gasteiger partial charge in [-0.05, 0) is 35.9 Å². The number of halogens is 3. The number of hydrogen-bond donors (Lipinski definition) is 0. The summed E-state index contributed by atoms with van der Waals surface area (Å²) in [5.41, 5.74) is -0.376. The van der Waals surface area contributed by atoms with E-state index < -0.39 is 26.7 Å². The van der Waals surface area contributed by atoms with Crippen molar-refractivity contribution in [1.82, 2.24) is 4.31 Å². The highest BCUT2D eigenvalue weighted by molar-refractivity contribution is 7.89. The van der Waals surface area contributed by atoms with Crippen molar-refractivity contribution in [2.75, 3.05) is 20.3 Å². The van der Waals surface area contributed by atoms with E-state index in [0.717, 1.165) is 22.5 Å². The second kappa shape index (κ2) is 6.81. The predicted molar refractivity (Wildman–Crippen MR) is 87.5 cm³/mol. The summed E-state index contributed by atoms with van der Waals surface area (Å²) in [6.45, 7) is 0.820. The molecule has 9 heteroatoms. The van der Waals surface area contributed by atoms with Gasteiger partial charge in [0.25, 0.3) is 0 Å². The minimum absolute atomic E-state index is 0.0186. The molecule has 2 aromatic carbocycles. The molecule has 0 fully saturated rings. The van der Waals surface area contributed by atoms with Gasteiger partial charge in [0.1, 0.15) is 13.2 Å². The predicted octanol–water partition coefficient (Wildman–Crippen LogP) is 3.30. The van der Waals surface area contributed by atoms with Gasteiger partial charge < -0.3 is 9.47 Å². The Bertz CT molecular complexity index is 912. The Kier molecular flexibility index (Phi) is 4.85. The maximum atomic E-state index is 12.8. The van der Waals surface area contributed by atoms with Gasteiger partial charge in [-0.3, -0.25) is 0 Å². The zero-order valence-electron chi connectivity index (χ0n) is 13.8. The number of nitrogens with zero attached hydrogens (tertiary/aromatic N) is 1. The Labute approximate surface area is 149 Å². The lowest BCUT2D eigenvalue weighted by atomic mass is 10.2. The normalized spacial score (nSPS) is 14.5. The van der Waals surface area contributed by atoms with Crippen LogP contribution in [0, 0.1) is 0 Å². The van der Waals surface area contributed by atoms with Crippen LogP contribution in [0.5, 0.6) is 11.5 Å². The van der Waals surface area contributed by atoms with E-state index in [0.29, 0.717) is 36.3 Å². The first kappa shape index (κ1) is 18.5. The topological polar surface area (TPSA) is 55.8 Å². The van der Waals surface area contributed by atoms with Crippen molar-refractivity contribution in [1.29, 1.82) is 0 Å². The molecule has 1 heterocycles. The molecule has 0 aliphatic carbocycles. The summed E-state index contributed by atoms with van der Waals surface area (Å²) in [5.74, 6) is 1.09. The standard InChI is InChI=1S/C17H16F3NO4S/c1-21(11-12-5-6-15-16(9-12)25-8-7-24-15)26(22,23)14-4-2-3-13(10-14)17(18,19)20/h2-6,9-10H,7-8,11H2,1H3. The van der Waals surface area contributed by atoms with E-state index in [-0.39, 0.29) is 6.54 Å². The fourth-order valence-corrected chi connectivity index (χ4v) is 3.75. The number of sulfonamides is 1. The molecule has 0 bridgehead atoms. The molecule has 2 aromatic rings. The SMILES string of the molecule is CN(Cc1ccc2c(c1)OCCO2)S(=O)(=O)c1cccc(C(F)(F)F)c1. The first-order chi connectivity index (χ1) is 12.2. The summed E-state index contributed by atoms with van der Waals surface area (Å²) in [6, 6.07) is 8.71. The molecule has 0 saturated heterocycles. The van der Waals surface area contributed by atoms with Gasteiger partial charge in [-0.2, -0.15) is 17.5 Å². The molecule has 26 heavy (non-hydrogen) atoms. The van der Waals surface area contributed by atoms with Crippen LogP contribution in [0.3, 0.4) is 0 Å². The maximum absolute atomic E-state index is 12.8. The van der Waals surface area contributed by atoms with Crippen LogP contribution >= 0.6 is 0 Å². The van der Waals surface area contributed by atoms with Gasteiger partial charge in [-0.15, -0.1) is 0 Å². The van der Waals surface area contributed by atoms with Crippen molar-refractivity contribution in [2.24, 2.45) is 0 Å². The van der Waals surface area contributed by atoms with Crippen molar-refractivity contribution >= 4 is 10.0 Å². The number of alkyl halides is 3. The molecular weight excluding hydrogens is 371 g/mol. The molecule has 3 rings (SSSR count). The van der Waals surface area contributed by atoms with Crippen LogP contribution in [0.4, 0.5) is 13.2 Å². The Hall–Kier alpha value is -2.26. The average Bonchev–Trinajstić information content (AvgIpc) is 2.61. The van der Waals surface area contributed by atoms with Crippen LogP contribution in [0.1, 0.15) is 11.1 Å². The molecule has 0 atom stereocenters. The van der Waals surface area contributed by atoms with Crippen molar-refractivity contribution in [3.8, 4) is 11.5 Å². The van der Waals surface area contributed by atoms with Gasteiger partial charge in [0.2, 0.25) is 10.0 Å². The van der Waals surface area contributed by atoms with Crippen LogP contribution in [0.15, 0.2) is 47.4 Å². The minimum atomic E-state index is -4.61. The zero-order valence-corrected chi connectivity index (χ0v) is 14.6. The largest absolute Gasteiger partial charge is 0.486 e. The Morgan fingerprint density at radius 1 is 1.04 bits per heavy atom. The fraction of sp³-hybridized carbons (Fsp3) is 0.294. The average molecular weight is 387 g/mol. The number of benzene rings is 2. The smallest absolute Gasteiger partial charge is 0.416 e. The van der Waals surface area contributed by atoms with Gasteiger partial charge in [0, 0.05) is 13.6 Å². The van der Waals surface area contributed by atoms with Crippen molar-refractivity contribution in [3.05, 3.63) is 53.6 Å². The second-order valence-corrected chi connectivity index (χ2v) is 7.81. The van der Waals surface area contributed by atoms with E-state index >= 15 is 0 Å². The van der Waals surface area contributed by atoms with Crippen molar-refractivity contribution < 1.29 is 31.1 Å². The molecule has 0 saturated carbocycles. The van der Waals surface area contributed by atoms with E-state index in [9.17, 15) is 21.6 Å². The molecule has 0 amide bonds. The molecule has 1 aliphatic rings. The zero-order chi connectivity index (χ0) is 18.9. The molecule has 0 aromatic heterocycles. The van der Waals surface area contributed by atoms with E-state index in [2.05, 4.69) is 0 Å². The number of fused-ring (bicyclic) bond motifs is 1. The number of ether oxygens (including phenoxy) is 2. The number of rotatable bonds is 4. The number of hydrogen-bond acceptors (Lipinski definition) is 4. The van der Waals surface area contributed by atoms with Crippen molar-refractivity contribution in [3.63, 3.8) is 0 Å². The van der Waals surface area contributed by atoms with Crippen LogP contribution in [0.2, 0.25) is 0 Å². The van der Waals surface area contributed by atoms with E-state index in [1.165, 1.54) is 7.05 Å². The summed E-state index contributed by atoms with van der Waals surface area (Å²) < 4.78 is 75.6. The second-order valence-electron chi connectivity index (χ2n) is 5.76. The van der Waals surface area contributed by atoms with E-state index in [1.54, 1.807) is 18.2 Å². The highest BCUT2D eigenvalue weighted by Gasteiger charge is 2.32. The van der Waals surface area contributed by atoms with E-state index in [1.807, 2.05) is 0 Å². The first-order valence-corrected chi connectivity index (χ1v) is 9.14. The van der Waals surface area contributed by atoms with Crippen LogP contribution in [-0.4, -0.2) is 33.0 Å². The van der Waals surface area contributed by atoms with Gasteiger partial charge in [-0.1, -0.05) is 12.1 Å². The Balaban J connectivity index is 1.84. The molecular formula is C17H16F3NO4S. The van der Waals surface area contributed by atoms with Gasteiger partial charge >= 0.3 is 6.18 Å². The van der Waals surface area contributed by atoms with E-state index in [4.69, 9.17) is 9.47 Å². The third kappa shape index (κ3) is 3.78.